The summed E-state index contributed by atoms with van der Waals surface area (Å²) >= 11 is 0. The van der Waals surface area contributed by atoms with Gasteiger partial charge in [0.1, 0.15) is 6.16 Å². The van der Waals surface area contributed by atoms with Crippen molar-refractivity contribution in [2.45, 2.75) is 34.1 Å². The highest BCUT2D eigenvalue weighted by atomic mass is 31.2. The van der Waals surface area contributed by atoms with Gasteiger partial charge in [-0.3, -0.25) is 19.4 Å². The van der Waals surface area contributed by atoms with Crippen LogP contribution in [-0.4, -0.2) is 52.9 Å². The third kappa shape index (κ3) is 13.5. The Kier molecular flexibility index (Phi) is 11.6. The van der Waals surface area contributed by atoms with Gasteiger partial charge in [0.25, 0.3) is 5.91 Å². The van der Waals surface area contributed by atoms with Gasteiger partial charge in [0, 0.05) is 13.2 Å². The Balaban J connectivity index is 0. The van der Waals surface area contributed by atoms with E-state index >= 15 is 0 Å². The minimum Gasteiger partial charge on any atom is -0.346 e. The fourth-order valence-electron chi connectivity index (χ4n) is 1.09. The molecule has 0 aromatic heterocycles. The van der Waals surface area contributed by atoms with Gasteiger partial charge in [-0.25, -0.2) is 5.06 Å². The normalized spacial score (nSPS) is 13.0. The second kappa shape index (κ2) is 10.8. The molecule has 0 heterocycles. The topological polar surface area (TPSA) is 107 Å². The van der Waals surface area contributed by atoms with Crippen LogP contribution in [0.2, 0.25) is 0 Å². The second-order valence-electron chi connectivity index (χ2n) is 4.69. The quantitative estimate of drug-likeness (QED) is 0.373. The van der Waals surface area contributed by atoms with Crippen LogP contribution in [0.5, 0.6) is 0 Å². The summed E-state index contributed by atoms with van der Waals surface area (Å²) in [6, 6.07) is 0. The lowest BCUT2D eigenvalue weighted by Crippen LogP contribution is -2.40. The number of carbonyl (C=O) groups is 2. The lowest BCUT2D eigenvalue weighted by atomic mass is 10.1. The number of nitrogens with zero attached hydrogens (tertiary/aromatic N) is 1. The van der Waals surface area contributed by atoms with Gasteiger partial charge in [-0.15, -0.1) is 0 Å². The van der Waals surface area contributed by atoms with Crippen molar-refractivity contribution in [2.24, 2.45) is 5.92 Å². The SMILES string of the molecule is CC.CC(C)CCN(O)C(=O)CNC(=O)CP(C)(=O)O. The van der Waals surface area contributed by atoms with Gasteiger partial charge in [0.05, 0.1) is 6.54 Å². The molecular weight excluding hydrogens is 283 g/mol. The summed E-state index contributed by atoms with van der Waals surface area (Å²) in [5.74, 6) is -0.982. The Bertz CT molecular complexity index is 341. The molecule has 0 saturated carbocycles. The van der Waals surface area contributed by atoms with Crippen LogP contribution >= 0.6 is 7.37 Å². The lowest BCUT2D eigenvalue weighted by Gasteiger charge is -2.16. The smallest absolute Gasteiger partial charge is 0.265 e. The van der Waals surface area contributed by atoms with Gasteiger partial charge in [-0.1, -0.05) is 27.7 Å². The molecule has 0 fully saturated rings. The van der Waals surface area contributed by atoms with E-state index in [1.807, 2.05) is 27.7 Å². The molecule has 0 radical (unpaired) electrons. The standard InChI is InChI=1S/C10H21N2O5P.C2H6/c1-8(2)4-5-12(15)10(14)6-11-9(13)7-18(3,16)17;1-2/h8,15H,4-7H2,1-3H3,(H,11,13)(H,16,17);1-2H3. The molecule has 1 atom stereocenters. The summed E-state index contributed by atoms with van der Waals surface area (Å²) in [5, 5.41) is 12.1. The predicted molar refractivity (Wildman–Crippen MR) is 77.9 cm³/mol. The fraction of sp³-hybridized carbons (Fsp3) is 0.833. The van der Waals surface area contributed by atoms with E-state index in [4.69, 9.17) is 4.89 Å². The van der Waals surface area contributed by atoms with Crippen LogP contribution in [0.3, 0.4) is 0 Å². The predicted octanol–water partition coefficient (Wildman–Crippen LogP) is 1.29. The van der Waals surface area contributed by atoms with Crippen LogP contribution in [0.15, 0.2) is 0 Å². The van der Waals surface area contributed by atoms with Crippen LogP contribution in [-0.2, 0) is 14.2 Å². The molecule has 0 bridgehead atoms. The minimum atomic E-state index is -3.43. The summed E-state index contributed by atoms with van der Waals surface area (Å²) in [5.41, 5.74) is 0. The van der Waals surface area contributed by atoms with E-state index in [-0.39, 0.29) is 13.1 Å². The molecule has 120 valence electrons. The van der Waals surface area contributed by atoms with Crippen LogP contribution in [0.1, 0.15) is 34.1 Å². The fourth-order valence-corrected chi connectivity index (χ4v) is 1.74. The van der Waals surface area contributed by atoms with E-state index in [0.29, 0.717) is 17.4 Å². The molecule has 0 aromatic rings. The molecule has 2 amide bonds. The largest absolute Gasteiger partial charge is 0.346 e. The zero-order chi connectivity index (χ0) is 16.3. The Labute approximate surface area is 120 Å². The molecule has 0 aliphatic heterocycles. The summed E-state index contributed by atoms with van der Waals surface area (Å²) < 4.78 is 10.9. The molecule has 7 nitrogen and oxygen atoms in total. The summed E-state index contributed by atoms with van der Waals surface area (Å²) in [6.45, 7) is 8.79. The lowest BCUT2D eigenvalue weighted by molar-refractivity contribution is -0.165. The van der Waals surface area contributed by atoms with Crippen molar-refractivity contribution < 1.29 is 24.3 Å². The summed E-state index contributed by atoms with van der Waals surface area (Å²) in [4.78, 5) is 31.5. The van der Waals surface area contributed by atoms with Crippen molar-refractivity contribution in [2.75, 3.05) is 25.9 Å². The zero-order valence-corrected chi connectivity index (χ0v) is 13.8. The monoisotopic (exact) mass is 310 g/mol. The van der Waals surface area contributed by atoms with Gasteiger partial charge in [0.15, 0.2) is 0 Å². The maximum absolute atomic E-state index is 11.4. The van der Waals surface area contributed by atoms with Gasteiger partial charge < -0.3 is 10.2 Å². The second-order valence-corrected chi connectivity index (χ2v) is 7.10. The van der Waals surface area contributed by atoms with Gasteiger partial charge in [-0.2, -0.15) is 0 Å². The maximum Gasteiger partial charge on any atom is 0.265 e. The molecule has 0 rings (SSSR count). The van der Waals surface area contributed by atoms with Crippen LogP contribution < -0.4 is 5.32 Å². The first kappa shape index (κ1) is 21.4. The first-order valence-corrected chi connectivity index (χ1v) is 8.96. The van der Waals surface area contributed by atoms with Crippen LogP contribution in [0, 0.1) is 5.92 Å². The van der Waals surface area contributed by atoms with Gasteiger partial charge in [0.2, 0.25) is 13.3 Å². The molecular formula is C12H27N2O5P. The van der Waals surface area contributed by atoms with E-state index in [1.165, 1.54) is 0 Å². The van der Waals surface area contributed by atoms with Crippen molar-refractivity contribution in [3.8, 4) is 0 Å². The molecule has 1 unspecified atom stereocenters. The highest BCUT2D eigenvalue weighted by Gasteiger charge is 2.18. The molecule has 3 N–H and O–H groups in total. The zero-order valence-electron chi connectivity index (χ0n) is 12.9. The molecule has 20 heavy (non-hydrogen) atoms. The Hall–Kier alpha value is -0.910. The van der Waals surface area contributed by atoms with Crippen molar-refractivity contribution >= 4 is 19.2 Å². The van der Waals surface area contributed by atoms with Crippen molar-refractivity contribution in [1.29, 1.82) is 0 Å². The summed E-state index contributed by atoms with van der Waals surface area (Å²) in [6.07, 6.45) is 0.120. The maximum atomic E-state index is 11.4. The number of rotatable bonds is 7. The minimum absolute atomic E-state index is 0.193. The van der Waals surface area contributed by atoms with E-state index in [2.05, 4.69) is 5.32 Å². The highest BCUT2D eigenvalue weighted by molar-refractivity contribution is 7.58. The molecule has 0 aliphatic rings. The Morgan fingerprint density at radius 3 is 2.20 bits per heavy atom. The van der Waals surface area contributed by atoms with E-state index in [1.54, 1.807) is 0 Å². The van der Waals surface area contributed by atoms with E-state index < -0.39 is 25.3 Å². The van der Waals surface area contributed by atoms with Crippen molar-refractivity contribution in [3.63, 3.8) is 0 Å². The molecule has 0 spiro atoms. The third-order valence-electron chi connectivity index (χ3n) is 2.08. The number of hydrogen-bond donors (Lipinski definition) is 3. The van der Waals surface area contributed by atoms with Crippen LogP contribution in [0.4, 0.5) is 0 Å². The van der Waals surface area contributed by atoms with Crippen molar-refractivity contribution in [3.05, 3.63) is 0 Å². The van der Waals surface area contributed by atoms with E-state index in [0.717, 1.165) is 6.66 Å². The van der Waals surface area contributed by atoms with Gasteiger partial charge in [-0.05, 0) is 12.3 Å². The highest BCUT2D eigenvalue weighted by Crippen LogP contribution is 2.33. The Morgan fingerprint density at radius 2 is 1.80 bits per heavy atom. The molecule has 0 aliphatic carbocycles. The third-order valence-corrected chi connectivity index (χ3v) is 2.95. The first-order valence-electron chi connectivity index (χ1n) is 6.67. The van der Waals surface area contributed by atoms with E-state index in [9.17, 15) is 19.4 Å². The number of nitrogens with one attached hydrogen (secondary N) is 1. The molecule has 8 heteroatoms. The van der Waals surface area contributed by atoms with Gasteiger partial charge >= 0.3 is 0 Å². The number of carbonyl (C=O) groups excluding carboxylic acids is 2. The summed E-state index contributed by atoms with van der Waals surface area (Å²) in [7, 11) is -3.43. The molecule has 0 aromatic carbocycles. The number of amides is 2. The average Bonchev–Trinajstić information content (AvgIpc) is 2.33. The van der Waals surface area contributed by atoms with Crippen molar-refractivity contribution in [1.82, 2.24) is 10.4 Å². The Morgan fingerprint density at radius 1 is 1.30 bits per heavy atom. The molecule has 0 saturated heterocycles. The number of hydrogen-bond acceptors (Lipinski definition) is 4. The van der Waals surface area contributed by atoms with Crippen LogP contribution in [0.25, 0.3) is 0 Å². The first-order chi connectivity index (χ1) is 9.11. The number of hydroxylamine groups is 2. The average molecular weight is 310 g/mol.